The molecule has 0 aromatic heterocycles. The molecule has 13 heavy (non-hydrogen) atoms. The van der Waals surface area contributed by atoms with Gasteiger partial charge in [-0.1, -0.05) is 0 Å². The zero-order chi connectivity index (χ0) is 10.8. The van der Waals surface area contributed by atoms with E-state index >= 15 is 0 Å². The third-order valence-corrected chi connectivity index (χ3v) is 0. The van der Waals surface area contributed by atoms with Crippen molar-refractivity contribution in [2.75, 3.05) is 0 Å². The van der Waals surface area contributed by atoms with Crippen LogP contribution < -0.4 is 0 Å². The quantitative estimate of drug-likeness (QED) is 0.257. The Balaban J connectivity index is -0.0000000213. The molecule has 0 saturated heterocycles. The molecule has 0 aliphatic carbocycles. The minimum Gasteiger partial charge on any atom is -0.373 e. The van der Waals surface area contributed by atoms with Crippen LogP contribution in [-0.2, 0) is 0 Å². The smallest absolute Gasteiger partial charge is 0.373 e. The second-order valence-electron chi connectivity index (χ2n) is 0.358. The average Bonchev–Trinajstić information content (AvgIpc) is 1.92. The van der Waals surface area contributed by atoms with Crippen LogP contribution in [0, 0.1) is 0 Å². The molecule has 64 valence electrons. The summed E-state index contributed by atoms with van der Waals surface area (Å²) in [6, 6.07) is 0. The number of hydrogen-bond acceptors (Lipinski definition) is 0. The molecule has 0 aliphatic heterocycles. The van der Waals surface area contributed by atoms with E-state index in [-0.39, 0.29) is 27.3 Å². The minimum atomic E-state index is 0. The molecule has 0 aromatic carbocycles. The van der Waals surface area contributed by atoms with E-state index < -0.39 is 0 Å². The molecule has 12 nitrogen and oxygen atoms in total. The number of nitrogens with zero attached hydrogens (tertiary/aromatic N) is 12. The maximum Gasteiger partial charge on any atom is 4.00 e. The van der Waals surface area contributed by atoms with Crippen molar-refractivity contribution in [1.29, 1.82) is 0 Å². The third kappa shape index (κ3) is 200. The Morgan fingerprint density at radius 1 is 0.385 bits per heavy atom. The molecule has 0 aromatic rings. The standard InChI is InChI=1S/4N3.Pb/c4*1-3-2;/q4*-1;+4. The van der Waals surface area contributed by atoms with Crippen LogP contribution in [-0.4, -0.2) is 27.3 Å². The summed E-state index contributed by atoms with van der Waals surface area (Å²) in [6.07, 6.45) is 0. The largest absolute Gasteiger partial charge is 4.00 e. The fraction of sp³-hybridized carbons (Fsp3) is 0. The molecule has 0 atom stereocenters. The van der Waals surface area contributed by atoms with Gasteiger partial charge in [0.1, 0.15) is 0 Å². The Bertz CT molecular complexity index is 137. The van der Waals surface area contributed by atoms with E-state index in [2.05, 4.69) is 0 Å². The van der Waals surface area contributed by atoms with Gasteiger partial charge in [0.15, 0.2) is 0 Å². The molecule has 0 rings (SSSR count). The summed E-state index contributed by atoms with van der Waals surface area (Å²) in [5.74, 6) is 0. The van der Waals surface area contributed by atoms with Crippen LogP contribution in [0.1, 0.15) is 0 Å². The van der Waals surface area contributed by atoms with E-state index in [0.717, 1.165) is 0 Å². The Hall–Kier alpha value is -1.84. The molecule has 0 unspecified atom stereocenters. The van der Waals surface area contributed by atoms with E-state index in [1.165, 1.54) is 19.6 Å². The Morgan fingerprint density at radius 2 is 0.385 bits per heavy atom. The third-order valence-electron chi connectivity index (χ3n) is 0. The monoisotopic (exact) mass is 376 g/mol. The van der Waals surface area contributed by atoms with Gasteiger partial charge in [-0.05, 0) is 0 Å². The van der Waals surface area contributed by atoms with Gasteiger partial charge < -0.3 is 44.2 Å². The molecular weight excluding hydrogens is 375 g/mol. The molecule has 0 fully saturated rings. The summed E-state index contributed by atoms with van der Waals surface area (Å²) in [5, 5.41) is 0. The van der Waals surface area contributed by atoms with E-state index in [0.29, 0.717) is 0 Å². The minimum absolute atomic E-state index is 0. The topological polar surface area (TPSA) is 235 Å². The Morgan fingerprint density at radius 3 is 0.385 bits per heavy atom. The van der Waals surface area contributed by atoms with E-state index in [1.54, 1.807) is 0 Å². The SMILES string of the molecule is [N-]=[N+]=[N-].[N-]=[N+]=[N-].[N-]=[N+]=[N-].[N-]=[N+]=[N-].[Pb+4]. The molecule has 0 amide bonds. The molecule has 0 radical (unpaired) electrons. The maximum absolute atomic E-state index is 6.75. The van der Waals surface area contributed by atoms with Crippen molar-refractivity contribution in [2.24, 2.45) is 0 Å². The molecule has 13 heteroatoms. The molecule has 0 aliphatic rings. The summed E-state index contributed by atoms with van der Waals surface area (Å²) in [4.78, 5) is 6.00. The van der Waals surface area contributed by atoms with Gasteiger partial charge in [-0.3, -0.25) is 19.6 Å². The van der Waals surface area contributed by atoms with Crippen molar-refractivity contribution in [2.45, 2.75) is 0 Å². The second-order valence-corrected chi connectivity index (χ2v) is 0.358. The summed E-state index contributed by atoms with van der Waals surface area (Å²) in [7, 11) is 0. The van der Waals surface area contributed by atoms with Gasteiger partial charge in [-0.15, -0.1) is 0 Å². The molecule has 0 saturated carbocycles. The van der Waals surface area contributed by atoms with Crippen LogP contribution >= 0.6 is 0 Å². The summed E-state index contributed by atoms with van der Waals surface area (Å²) in [5.41, 5.74) is 54.0. The number of rotatable bonds is 0. The van der Waals surface area contributed by atoms with Gasteiger partial charge >= 0.3 is 27.3 Å². The van der Waals surface area contributed by atoms with Crippen LogP contribution in [0.15, 0.2) is 0 Å². The van der Waals surface area contributed by atoms with Crippen LogP contribution in [0.3, 0.4) is 0 Å². The first-order valence-electron chi connectivity index (χ1n) is 1.60. The van der Waals surface area contributed by atoms with Gasteiger partial charge in [-0.25, -0.2) is 0 Å². The Kier molecular flexibility index (Phi) is 426. The van der Waals surface area contributed by atoms with Crippen LogP contribution in [0.2, 0.25) is 0 Å². The van der Waals surface area contributed by atoms with Crippen molar-refractivity contribution in [3.63, 3.8) is 0 Å². The molecule has 0 heterocycles. The van der Waals surface area contributed by atoms with Crippen molar-refractivity contribution in [3.05, 3.63) is 63.9 Å². The second kappa shape index (κ2) is 182. The maximum atomic E-state index is 6.75. The fourth-order valence-electron chi connectivity index (χ4n) is 0. The number of hydrogen-bond donors (Lipinski definition) is 0. The van der Waals surface area contributed by atoms with Gasteiger partial charge in [0.05, 0.1) is 0 Å². The fourth-order valence-corrected chi connectivity index (χ4v) is 0. The van der Waals surface area contributed by atoms with Gasteiger partial charge in [0.25, 0.3) is 0 Å². The molecular formula is N12Pb. The van der Waals surface area contributed by atoms with Crippen molar-refractivity contribution >= 4 is 27.3 Å². The molecule has 0 bridgehead atoms. The predicted octanol–water partition coefficient (Wildman–Crippen LogP) is 3.08. The predicted molar refractivity (Wildman–Crippen MR) is 46.1 cm³/mol. The average molecular weight is 375 g/mol. The van der Waals surface area contributed by atoms with E-state index in [1.807, 2.05) is 0 Å². The summed E-state index contributed by atoms with van der Waals surface area (Å²) < 4.78 is 0. The van der Waals surface area contributed by atoms with E-state index in [9.17, 15) is 0 Å². The van der Waals surface area contributed by atoms with Crippen molar-refractivity contribution < 1.29 is 0 Å². The first-order valence-corrected chi connectivity index (χ1v) is 1.60. The normalized spacial score (nSPS) is 2.46. The van der Waals surface area contributed by atoms with Gasteiger partial charge in [-0.2, -0.15) is 0 Å². The van der Waals surface area contributed by atoms with Crippen LogP contribution in [0.4, 0.5) is 0 Å². The van der Waals surface area contributed by atoms with Crippen molar-refractivity contribution in [1.82, 2.24) is 0 Å². The summed E-state index contributed by atoms with van der Waals surface area (Å²) >= 11 is 0. The Labute approximate surface area is 91.4 Å². The first-order chi connectivity index (χ1) is 5.66. The van der Waals surface area contributed by atoms with Crippen LogP contribution in [0.5, 0.6) is 0 Å². The van der Waals surface area contributed by atoms with Crippen molar-refractivity contribution in [3.8, 4) is 0 Å². The van der Waals surface area contributed by atoms with Gasteiger partial charge in [0, 0.05) is 0 Å². The van der Waals surface area contributed by atoms with Gasteiger partial charge in [0.2, 0.25) is 0 Å². The zero-order valence-electron chi connectivity index (χ0n) is 5.87. The van der Waals surface area contributed by atoms with E-state index in [4.69, 9.17) is 44.2 Å². The summed E-state index contributed by atoms with van der Waals surface area (Å²) in [6.45, 7) is 0. The molecule has 0 spiro atoms. The zero-order valence-corrected chi connectivity index (χ0v) is 9.75. The first kappa shape index (κ1) is 30.4. The van der Waals surface area contributed by atoms with Crippen LogP contribution in [0.25, 0.3) is 63.9 Å². The molecule has 0 N–H and O–H groups in total.